The quantitative estimate of drug-likeness (QED) is 0.638. The van der Waals surface area contributed by atoms with Crippen LogP contribution in [0.2, 0.25) is 0 Å². The Hall–Kier alpha value is -2.67. The van der Waals surface area contributed by atoms with Gasteiger partial charge in [0.05, 0.1) is 0 Å². The average molecular weight is 441 g/mol. The molecule has 144 valence electrons. The number of benzene rings is 2. The molecule has 1 amide bonds. The number of anilines is 1. The van der Waals surface area contributed by atoms with Crippen molar-refractivity contribution >= 4 is 27.9 Å². The van der Waals surface area contributed by atoms with Gasteiger partial charge in [-0.3, -0.25) is 4.79 Å². The molecular weight excluding hydrogens is 420 g/mol. The van der Waals surface area contributed by atoms with Crippen molar-refractivity contribution in [2.75, 3.05) is 18.0 Å². The van der Waals surface area contributed by atoms with Crippen LogP contribution in [-0.4, -0.2) is 29.2 Å². The van der Waals surface area contributed by atoms with Gasteiger partial charge in [0.2, 0.25) is 5.89 Å². The summed E-state index contributed by atoms with van der Waals surface area (Å²) in [6.45, 7) is 1.84. The molecule has 1 aliphatic heterocycles. The Balaban J connectivity index is 1.61. The average Bonchev–Trinajstić information content (AvgIpc) is 3.23. The predicted octanol–water partition coefficient (Wildman–Crippen LogP) is 4.34. The van der Waals surface area contributed by atoms with Gasteiger partial charge in [-0.05, 0) is 43.0 Å². The third-order valence-electron chi connectivity index (χ3n) is 4.80. The SMILES string of the molecule is O=C(NC(c1ccccc1)c1nnc(N2CCCCC2)o1)c1cccc(Br)c1. The van der Waals surface area contributed by atoms with Gasteiger partial charge in [-0.25, -0.2) is 0 Å². The van der Waals surface area contributed by atoms with Gasteiger partial charge in [-0.2, -0.15) is 0 Å². The van der Waals surface area contributed by atoms with E-state index < -0.39 is 6.04 Å². The molecule has 3 aromatic rings. The molecule has 7 heteroatoms. The molecule has 0 spiro atoms. The number of nitrogens with zero attached hydrogens (tertiary/aromatic N) is 3. The fraction of sp³-hybridized carbons (Fsp3) is 0.286. The normalized spacial score (nSPS) is 15.2. The monoisotopic (exact) mass is 440 g/mol. The first-order valence-corrected chi connectivity index (χ1v) is 10.2. The fourth-order valence-corrected chi connectivity index (χ4v) is 3.73. The maximum absolute atomic E-state index is 12.8. The van der Waals surface area contributed by atoms with Gasteiger partial charge in [-0.1, -0.05) is 57.4 Å². The number of amides is 1. The molecule has 0 saturated carbocycles. The second kappa shape index (κ2) is 8.56. The van der Waals surface area contributed by atoms with E-state index >= 15 is 0 Å². The molecule has 0 radical (unpaired) electrons. The van der Waals surface area contributed by atoms with E-state index in [0.717, 1.165) is 36.0 Å². The zero-order valence-electron chi connectivity index (χ0n) is 15.3. The standard InChI is InChI=1S/C21H21BrN4O2/c22-17-11-7-10-16(14-17)19(27)23-18(15-8-3-1-4-9-15)20-24-25-21(28-20)26-12-5-2-6-13-26/h1,3-4,7-11,14,18H,2,5-6,12-13H2,(H,23,27). The molecule has 0 bridgehead atoms. The molecule has 28 heavy (non-hydrogen) atoms. The van der Waals surface area contributed by atoms with Crippen LogP contribution in [0.25, 0.3) is 0 Å². The van der Waals surface area contributed by atoms with Gasteiger partial charge < -0.3 is 14.6 Å². The number of carbonyl (C=O) groups excluding carboxylic acids is 1. The van der Waals surface area contributed by atoms with Crippen molar-refractivity contribution in [3.63, 3.8) is 0 Å². The fourth-order valence-electron chi connectivity index (χ4n) is 3.33. The predicted molar refractivity (Wildman–Crippen MR) is 110 cm³/mol. The van der Waals surface area contributed by atoms with Crippen molar-refractivity contribution in [2.24, 2.45) is 0 Å². The second-order valence-electron chi connectivity index (χ2n) is 6.80. The third kappa shape index (κ3) is 4.25. The van der Waals surface area contributed by atoms with Gasteiger partial charge in [0.15, 0.2) is 0 Å². The third-order valence-corrected chi connectivity index (χ3v) is 5.29. The molecular formula is C21H21BrN4O2. The Kier molecular flexibility index (Phi) is 5.71. The van der Waals surface area contributed by atoms with Gasteiger partial charge in [-0.15, -0.1) is 5.10 Å². The van der Waals surface area contributed by atoms with Crippen LogP contribution in [0.15, 0.2) is 63.5 Å². The topological polar surface area (TPSA) is 71.3 Å². The van der Waals surface area contributed by atoms with Crippen LogP contribution < -0.4 is 10.2 Å². The number of carbonyl (C=O) groups is 1. The summed E-state index contributed by atoms with van der Waals surface area (Å²) in [7, 11) is 0. The summed E-state index contributed by atoms with van der Waals surface area (Å²) in [5.41, 5.74) is 1.45. The lowest BCUT2D eigenvalue weighted by molar-refractivity contribution is 0.0938. The van der Waals surface area contributed by atoms with Crippen LogP contribution in [0, 0.1) is 0 Å². The lowest BCUT2D eigenvalue weighted by atomic mass is 10.1. The van der Waals surface area contributed by atoms with E-state index in [1.807, 2.05) is 42.5 Å². The van der Waals surface area contributed by atoms with E-state index in [9.17, 15) is 4.79 Å². The summed E-state index contributed by atoms with van der Waals surface area (Å²) in [4.78, 5) is 14.9. The largest absolute Gasteiger partial charge is 0.405 e. The summed E-state index contributed by atoms with van der Waals surface area (Å²) in [5, 5.41) is 11.5. The molecule has 0 aliphatic carbocycles. The lowest BCUT2D eigenvalue weighted by Crippen LogP contribution is -2.30. The zero-order valence-corrected chi connectivity index (χ0v) is 16.9. The van der Waals surface area contributed by atoms with Crippen LogP contribution in [0.3, 0.4) is 0 Å². The molecule has 1 N–H and O–H groups in total. The van der Waals surface area contributed by atoms with Gasteiger partial charge in [0.25, 0.3) is 5.91 Å². The van der Waals surface area contributed by atoms with E-state index in [-0.39, 0.29) is 5.91 Å². The highest BCUT2D eigenvalue weighted by atomic mass is 79.9. The van der Waals surface area contributed by atoms with E-state index in [1.165, 1.54) is 6.42 Å². The first kappa shape index (κ1) is 18.7. The summed E-state index contributed by atoms with van der Waals surface area (Å²) < 4.78 is 6.83. The number of halogens is 1. The molecule has 4 rings (SSSR count). The molecule has 2 heterocycles. The Bertz CT molecular complexity index is 938. The number of aromatic nitrogens is 2. The smallest absolute Gasteiger partial charge is 0.318 e. The van der Waals surface area contributed by atoms with E-state index in [0.29, 0.717) is 17.5 Å². The molecule has 1 fully saturated rings. The maximum atomic E-state index is 12.8. The van der Waals surface area contributed by atoms with Gasteiger partial charge in [0, 0.05) is 23.1 Å². The van der Waals surface area contributed by atoms with Crippen molar-refractivity contribution in [3.05, 3.63) is 76.1 Å². The minimum absolute atomic E-state index is 0.201. The van der Waals surface area contributed by atoms with Crippen LogP contribution in [0.1, 0.15) is 47.1 Å². The molecule has 1 aliphatic rings. The molecule has 1 aromatic heterocycles. The molecule has 1 unspecified atom stereocenters. The van der Waals surface area contributed by atoms with Crippen LogP contribution >= 0.6 is 15.9 Å². The van der Waals surface area contributed by atoms with Gasteiger partial charge in [0.1, 0.15) is 6.04 Å². The Morgan fingerprint density at radius 1 is 1.04 bits per heavy atom. The summed E-state index contributed by atoms with van der Waals surface area (Å²) >= 11 is 3.41. The number of rotatable bonds is 5. The Labute approximate surface area is 172 Å². The van der Waals surface area contributed by atoms with Crippen LogP contribution in [0.5, 0.6) is 0 Å². The van der Waals surface area contributed by atoms with Crippen molar-refractivity contribution < 1.29 is 9.21 Å². The number of nitrogens with one attached hydrogen (secondary N) is 1. The van der Waals surface area contributed by atoms with Crippen molar-refractivity contribution in [1.82, 2.24) is 15.5 Å². The van der Waals surface area contributed by atoms with Crippen LogP contribution in [0.4, 0.5) is 6.01 Å². The Morgan fingerprint density at radius 3 is 2.57 bits per heavy atom. The first-order chi connectivity index (χ1) is 13.7. The van der Waals surface area contributed by atoms with E-state index in [1.54, 1.807) is 12.1 Å². The van der Waals surface area contributed by atoms with Crippen molar-refractivity contribution in [2.45, 2.75) is 25.3 Å². The van der Waals surface area contributed by atoms with E-state index in [2.05, 4.69) is 36.3 Å². The molecule has 2 aromatic carbocycles. The first-order valence-electron chi connectivity index (χ1n) is 9.40. The molecule has 6 nitrogen and oxygen atoms in total. The van der Waals surface area contributed by atoms with Crippen molar-refractivity contribution in [3.8, 4) is 0 Å². The number of hydrogen-bond donors (Lipinski definition) is 1. The lowest BCUT2D eigenvalue weighted by Gasteiger charge is -2.24. The van der Waals surface area contributed by atoms with Gasteiger partial charge >= 0.3 is 6.01 Å². The molecule has 1 saturated heterocycles. The highest BCUT2D eigenvalue weighted by molar-refractivity contribution is 9.10. The summed E-state index contributed by atoms with van der Waals surface area (Å²) in [6.07, 6.45) is 3.48. The molecule has 1 atom stereocenters. The number of piperidine rings is 1. The van der Waals surface area contributed by atoms with Crippen molar-refractivity contribution in [1.29, 1.82) is 0 Å². The highest BCUT2D eigenvalue weighted by Crippen LogP contribution is 2.26. The highest BCUT2D eigenvalue weighted by Gasteiger charge is 2.25. The Morgan fingerprint density at radius 2 is 1.82 bits per heavy atom. The minimum atomic E-state index is -0.515. The van der Waals surface area contributed by atoms with Crippen LogP contribution in [-0.2, 0) is 0 Å². The summed E-state index contributed by atoms with van der Waals surface area (Å²) in [6, 6.07) is 16.9. The number of hydrogen-bond acceptors (Lipinski definition) is 5. The summed E-state index contributed by atoms with van der Waals surface area (Å²) in [5.74, 6) is 0.183. The maximum Gasteiger partial charge on any atom is 0.318 e. The minimum Gasteiger partial charge on any atom is -0.405 e. The van der Waals surface area contributed by atoms with E-state index in [4.69, 9.17) is 4.42 Å². The second-order valence-corrected chi connectivity index (χ2v) is 7.71. The zero-order chi connectivity index (χ0) is 19.3.